The van der Waals surface area contributed by atoms with Gasteiger partial charge in [0.2, 0.25) is 11.8 Å². The molecule has 3 N–H and O–H groups in total. The molecule has 0 bridgehead atoms. The number of carbonyl (C=O) groups excluding carboxylic acids is 4. The molecule has 10 heteroatoms. The second kappa shape index (κ2) is 10.3. The van der Waals surface area contributed by atoms with Crippen LogP contribution in [0.2, 0.25) is 0 Å². The van der Waals surface area contributed by atoms with Gasteiger partial charge in [-0.1, -0.05) is 6.07 Å². The van der Waals surface area contributed by atoms with Crippen LogP contribution in [0, 0.1) is 6.92 Å². The van der Waals surface area contributed by atoms with Crippen molar-refractivity contribution in [2.24, 2.45) is 0 Å². The Labute approximate surface area is 187 Å². The van der Waals surface area contributed by atoms with Crippen LogP contribution in [0.1, 0.15) is 50.8 Å². The van der Waals surface area contributed by atoms with Crippen molar-refractivity contribution in [1.29, 1.82) is 0 Å². The molecule has 0 aliphatic heterocycles. The van der Waals surface area contributed by atoms with E-state index in [0.29, 0.717) is 24.0 Å². The van der Waals surface area contributed by atoms with Gasteiger partial charge in [0.05, 0.1) is 7.11 Å². The molecule has 1 aromatic carbocycles. The minimum Gasteiger partial charge on any atom is -0.508 e. The van der Waals surface area contributed by atoms with E-state index >= 15 is 0 Å². The van der Waals surface area contributed by atoms with Crippen LogP contribution in [0.3, 0.4) is 0 Å². The zero-order valence-corrected chi connectivity index (χ0v) is 19.1. The number of hydrogen-bond acceptors (Lipinski definition) is 7. The molecular weight excluding hydrogens is 418 g/mol. The van der Waals surface area contributed by atoms with Crippen molar-refractivity contribution in [3.63, 3.8) is 0 Å². The Morgan fingerprint density at radius 2 is 1.81 bits per heavy atom. The fourth-order valence-corrected chi connectivity index (χ4v) is 3.08. The number of nitrogens with zero attached hydrogens (tertiary/aromatic N) is 1. The smallest absolute Gasteiger partial charge is 0.408 e. The predicted molar refractivity (Wildman–Crippen MR) is 115 cm³/mol. The molecule has 2 rings (SSSR count). The van der Waals surface area contributed by atoms with E-state index in [1.54, 1.807) is 39.8 Å². The summed E-state index contributed by atoms with van der Waals surface area (Å²) in [5.74, 6) is -1.62. The molecule has 176 valence electrons. The summed E-state index contributed by atoms with van der Waals surface area (Å²) in [4.78, 5) is 51.1. The summed E-state index contributed by atoms with van der Waals surface area (Å²) < 4.78 is 9.73. The SMILES string of the molecule is COC(=O)CNC(=O)C(c1ccc(O)c(C)c1)N(C(=O)CNC(=O)OC(C)(C)C)C1CC1. The van der Waals surface area contributed by atoms with Crippen molar-refractivity contribution < 1.29 is 33.8 Å². The lowest BCUT2D eigenvalue weighted by Crippen LogP contribution is -2.49. The Hall–Kier alpha value is -3.30. The molecule has 32 heavy (non-hydrogen) atoms. The number of phenolic OH excluding ortho intramolecular Hbond substituents is 1. The van der Waals surface area contributed by atoms with Gasteiger partial charge in [-0.05, 0) is 63.8 Å². The number of aromatic hydroxyl groups is 1. The van der Waals surface area contributed by atoms with Crippen LogP contribution < -0.4 is 10.6 Å². The van der Waals surface area contributed by atoms with Crippen molar-refractivity contribution in [3.8, 4) is 5.75 Å². The first-order chi connectivity index (χ1) is 14.9. The van der Waals surface area contributed by atoms with E-state index in [2.05, 4.69) is 15.4 Å². The number of methoxy groups -OCH3 is 1. The van der Waals surface area contributed by atoms with Crippen molar-refractivity contribution in [1.82, 2.24) is 15.5 Å². The van der Waals surface area contributed by atoms with Gasteiger partial charge in [-0.3, -0.25) is 14.4 Å². The molecule has 1 unspecified atom stereocenters. The summed E-state index contributed by atoms with van der Waals surface area (Å²) in [5, 5.41) is 14.8. The van der Waals surface area contributed by atoms with Gasteiger partial charge in [0.15, 0.2) is 0 Å². The molecule has 10 nitrogen and oxygen atoms in total. The maximum Gasteiger partial charge on any atom is 0.408 e. The number of hydrogen-bond donors (Lipinski definition) is 3. The summed E-state index contributed by atoms with van der Waals surface area (Å²) >= 11 is 0. The fourth-order valence-electron chi connectivity index (χ4n) is 3.08. The molecule has 0 spiro atoms. The molecule has 0 aromatic heterocycles. The number of benzene rings is 1. The summed E-state index contributed by atoms with van der Waals surface area (Å²) in [6, 6.07) is 3.36. The third-order valence-corrected chi connectivity index (χ3v) is 4.71. The maximum atomic E-state index is 13.1. The predicted octanol–water partition coefficient (Wildman–Crippen LogP) is 1.55. The number of nitrogens with one attached hydrogen (secondary N) is 2. The fraction of sp³-hybridized carbons (Fsp3) is 0.545. The van der Waals surface area contributed by atoms with E-state index in [9.17, 15) is 24.3 Å². The van der Waals surface area contributed by atoms with Gasteiger partial charge >= 0.3 is 12.1 Å². The second-order valence-electron chi connectivity index (χ2n) is 8.63. The minimum atomic E-state index is -1.06. The molecule has 0 radical (unpaired) electrons. The number of amides is 3. The molecule has 1 saturated carbocycles. The van der Waals surface area contributed by atoms with E-state index < -0.39 is 35.5 Å². The standard InChI is InChI=1S/C22H31N3O7/c1-13-10-14(6-9-16(13)26)19(20(29)23-12-18(28)31-5)25(15-7-8-15)17(27)11-24-21(30)32-22(2,3)4/h6,9-10,15,19,26H,7-8,11-12H2,1-5H3,(H,23,29)(H,24,30). The largest absolute Gasteiger partial charge is 0.508 e. The molecule has 1 aliphatic rings. The summed E-state index contributed by atoms with van der Waals surface area (Å²) in [6.45, 7) is 6.09. The zero-order chi connectivity index (χ0) is 24.1. The Kier molecular flexibility index (Phi) is 8.07. The third-order valence-electron chi connectivity index (χ3n) is 4.71. The average Bonchev–Trinajstić information content (AvgIpc) is 3.54. The first-order valence-electron chi connectivity index (χ1n) is 10.3. The van der Waals surface area contributed by atoms with Crippen LogP contribution in [-0.2, 0) is 23.9 Å². The quantitative estimate of drug-likeness (QED) is 0.513. The van der Waals surface area contributed by atoms with Crippen LogP contribution in [0.15, 0.2) is 18.2 Å². The molecule has 0 heterocycles. The zero-order valence-electron chi connectivity index (χ0n) is 19.1. The highest BCUT2D eigenvalue weighted by Gasteiger charge is 2.41. The highest BCUT2D eigenvalue weighted by atomic mass is 16.6. The average molecular weight is 450 g/mol. The first-order valence-corrected chi connectivity index (χ1v) is 10.3. The number of carbonyl (C=O) groups is 4. The lowest BCUT2D eigenvalue weighted by atomic mass is 10.0. The molecule has 1 aromatic rings. The van der Waals surface area contributed by atoms with Crippen molar-refractivity contribution in [2.75, 3.05) is 20.2 Å². The lowest BCUT2D eigenvalue weighted by Gasteiger charge is -2.32. The number of ether oxygens (including phenoxy) is 2. The van der Waals surface area contributed by atoms with Crippen LogP contribution in [-0.4, -0.2) is 65.7 Å². The van der Waals surface area contributed by atoms with Crippen molar-refractivity contribution in [2.45, 2.75) is 58.2 Å². The molecule has 3 amide bonds. The third kappa shape index (κ3) is 7.14. The summed E-state index contributed by atoms with van der Waals surface area (Å²) in [5.41, 5.74) is 0.284. The molecule has 0 saturated heterocycles. The van der Waals surface area contributed by atoms with Crippen molar-refractivity contribution in [3.05, 3.63) is 29.3 Å². The number of esters is 1. The van der Waals surface area contributed by atoms with E-state index in [1.807, 2.05) is 0 Å². The molecular formula is C22H31N3O7. The van der Waals surface area contributed by atoms with E-state index in [-0.39, 0.29) is 24.9 Å². The van der Waals surface area contributed by atoms with Crippen LogP contribution >= 0.6 is 0 Å². The van der Waals surface area contributed by atoms with E-state index in [0.717, 1.165) is 0 Å². The van der Waals surface area contributed by atoms with Gasteiger partial charge in [-0.25, -0.2) is 4.79 Å². The molecule has 1 aliphatic carbocycles. The highest BCUT2D eigenvalue weighted by molar-refractivity contribution is 5.92. The number of aryl methyl sites for hydroxylation is 1. The number of rotatable bonds is 8. The Morgan fingerprint density at radius 3 is 2.34 bits per heavy atom. The summed E-state index contributed by atoms with van der Waals surface area (Å²) in [7, 11) is 1.21. The topological polar surface area (TPSA) is 134 Å². The van der Waals surface area contributed by atoms with Gasteiger partial charge in [-0.15, -0.1) is 0 Å². The van der Waals surface area contributed by atoms with E-state index in [4.69, 9.17) is 4.74 Å². The van der Waals surface area contributed by atoms with Crippen LogP contribution in [0.25, 0.3) is 0 Å². The summed E-state index contributed by atoms with van der Waals surface area (Å²) in [6.07, 6.45) is 0.667. The highest BCUT2D eigenvalue weighted by Crippen LogP contribution is 2.36. The molecule has 1 atom stereocenters. The second-order valence-corrected chi connectivity index (χ2v) is 8.63. The van der Waals surface area contributed by atoms with Gasteiger partial charge in [0, 0.05) is 6.04 Å². The Morgan fingerprint density at radius 1 is 1.16 bits per heavy atom. The van der Waals surface area contributed by atoms with Crippen LogP contribution in [0.4, 0.5) is 4.79 Å². The van der Waals surface area contributed by atoms with Gasteiger partial charge in [0.25, 0.3) is 0 Å². The number of phenols is 1. The monoisotopic (exact) mass is 449 g/mol. The Bertz CT molecular complexity index is 875. The van der Waals surface area contributed by atoms with Gasteiger partial charge in [0.1, 0.15) is 30.5 Å². The van der Waals surface area contributed by atoms with E-state index in [1.165, 1.54) is 18.1 Å². The van der Waals surface area contributed by atoms with Gasteiger partial charge < -0.3 is 30.1 Å². The maximum absolute atomic E-state index is 13.1. The first kappa shape index (κ1) is 25.0. The van der Waals surface area contributed by atoms with Gasteiger partial charge in [-0.2, -0.15) is 0 Å². The normalized spacial score (nSPS) is 14.2. The van der Waals surface area contributed by atoms with Crippen molar-refractivity contribution >= 4 is 23.9 Å². The lowest BCUT2D eigenvalue weighted by molar-refractivity contribution is -0.144. The Balaban J connectivity index is 2.27. The minimum absolute atomic E-state index is 0.0540. The van der Waals surface area contributed by atoms with Crippen LogP contribution in [0.5, 0.6) is 5.75 Å². The molecule has 1 fully saturated rings. The number of alkyl carbamates (subject to hydrolysis) is 1.